The second-order valence-corrected chi connectivity index (χ2v) is 10.5. The molecule has 0 N–H and O–H groups in total. The highest BCUT2D eigenvalue weighted by Gasteiger charge is 2.42. The minimum absolute atomic E-state index is 0.0207. The van der Waals surface area contributed by atoms with Crippen molar-refractivity contribution in [1.82, 2.24) is 18.8 Å². The minimum Gasteiger partial charge on any atom is -0.375 e. The fourth-order valence-corrected chi connectivity index (χ4v) is 5.62. The molecule has 0 radical (unpaired) electrons. The lowest BCUT2D eigenvalue weighted by Crippen LogP contribution is -2.62. The molecule has 1 saturated heterocycles. The monoisotopic (exact) mass is 448 g/mol. The molecule has 2 aromatic rings. The van der Waals surface area contributed by atoms with E-state index in [1.165, 1.54) is 23.5 Å². The molecular formula is C16H21FN4O6S2. The first kappa shape index (κ1) is 21.8. The van der Waals surface area contributed by atoms with E-state index in [1.807, 2.05) is 0 Å². The minimum atomic E-state index is -3.89. The third kappa shape index (κ3) is 4.98. The summed E-state index contributed by atoms with van der Waals surface area (Å²) >= 11 is 0. The van der Waals surface area contributed by atoms with E-state index < -0.39 is 31.9 Å². The number of methoxy groups -OCH3 is 1. The van der Waals surface area contributed by atoms with E-state index in [0.29, 0.717) is 5.82 Å². The molecule has 160 valence electrons. The van der Waals surface area contributed by atoms with Gasteiger partial charge in [-0.25, -0.2) is 21.2 Å². The fraction of sp³-hybridized carbons (Fsp3) is 0.500. The molecule has 0 unspecified atom stereocenters. The van der Waals surface area contributed by atoms with Crippen molar-refractivity contribution < 1.29 is 30.5 Å². The van der Waals surface area contributed by atoms with E-state index >= 15 is 0 Å². The van der Waals surface area contributed by atoms with Crippen molar-refractivity contribution in [3.8, 4) is 0 Å². The third-order valence-corrected chi connectivity index (χ3v) is 7.59. The molecule has 0 bridgehead atoms. The molecule has 0 spiro atoms. The molecule has 10 nitrogen and oxygen atoms in total. The van der Waals surface area contributed by atoms with Crippen molar-refractivity contribution in [2.24, 2.45) is 0 Å². The quantitative estimate of drug-likeness (QED) is 0.534. The first-order chi connectivity index (χ1) is 13.6. The summed E-state index contributed by atoms with van der Waals surface area (Å²) in [5, 5.41) is 3.76. The molecule has 1 aliphatic rings. The van der Waals surface area contributed by atoms with Crippen LogP contribution in [-0.2, 0) is 37.8 Å². The van der Waals surface area contributed by atoms with Gasteiger partial charge in [0.2, 0.25) is 20.0 Å². The van der Waals surface area contributed by atoms with Gasteiger partial charge in [0.25, 0.3) is 5.89 Å². The molecule has 1 aliphatic heterocycles. The highest BCUT2D eigenvalue weighted by molar-refractivity contribution is 7.89. The maximum Gasteiger partial charge on any atom is 0.252 e. The van der Waals surface area contributed by atoms with Crippen LogP contribution in [0.15, 0.2) is 33.7 Å². The van der Waals surface area contributed by atoms with Crippen LogP contribution in [-0.4, -0.2) is 74.6 Å². The van der Waals surface area contributed by atoms with E-state index in [9.17, 15) is 21.2 Å². The van der Waals surface area contributed by atoms with Crippen molar-refractivity contribution in [1.29, 1.82) is 0 Å². The Kier molecular flexibility index (Phi) is 6.33. The van der Waals surface area contributed by atoms with Gasteiger partial charge in [-0.2, -0.15) is 13.6 Å². The Labute approximate surface area is 168 Å². The Morgan fingerprint density at radius 2 is 2.03 bits per heavy atom. The summed E-state index contributed by atoms with van der Waals surface area (Å²) in [7, 11) is -6.00. The zero-order chi connectivity index (χ0) is 21.2. The van der Waals surface area contributed by atoms with Gasteiger partial charge in [0.1, 0.15) is 12.4 Å². The SMILES string of the molecule is COCc1nc(CCN(C2CN(S(=O)(=O)c3cccc(F)c3)C2)S(C)(=O)=O)no1. The van der Waals surface area contributed by atoms with Gasteiger partial charge in [0, 0.05) is 33.2 Å². The second-order valence-electron chi connectivity index (χ2n) is 6.59. The number of rotatable bonds is 9. The molecule has 29 heavy (non-hydrogen) atoms. The van der Waals surface area contributed by atoms with Gasteiger partial charge in [0.15, 0.2) is 5.82 Å². The van der Waals surface area contributed by atoms with Gasteiger partial charge in [-0.15, -0.1) is 0 Å². The lowest BCUT2D eigenvalue weighted by molar-refractivity contribution is 0.151. The van der Waals surface area contributed by atoms with E-state index in [-0.39, 0.29) is 43.4 Å². The number of nitrogens with zero attached hydrogens (tertiary/aromatic N) is 4. The molecule has 1 aromatic carbocycles. The summed E-state index contributed by atoms with van der Waals surface area (Å²) in [5.41, 5.74) is 0. The van der Waals surface area contributed by atoms with Crippen molar-refractivity contribution in [3.63, 3.8) is 0 Å². The Balaban J connectivity index is 1.66. The van der Waals surface area contributed by atoms with Crippen LogP contribution in [0.3, 0.4) is 0 Å². The molecule has 2 heterocycles. The molecule has 0 atom stereocenters. The van der Waals surface area contributed by atoms with Crippen LogP contribution in [0.2, 0.25) is 0 Å². The van der Waals surface area contributed by atoms with Crippen molar-refractivity contribution >= 4 is 20.0 Å². The number of halogens is 1. The van der Waals surface area contributed by atoms with Crippen molar-refractivity contribution in [2.75, 3.05) is 33.0 Å². The van der Waals surface area contributed by atoms with Crippen LogP contribution < -0.4 is 0 Å². The summed E-state index contributed by atoms with van der Waals surface area (Å²) < 4.78 is 75.1. The van der Waals surface area contributed by atoms with E-state index in [4.69, 9.17) is 9.26 Å². The fourth-order valence-electron chi connectivity index (χ4n) is 2.97. The predicted octanol–water partition coefficient (Wildman–Crippen LogP) is 0.232. The van der Waals surface area contributed by atoms with Gasteiger partial charge < -0.3 is 9.26 Å². The van der Waals surface area contributed by atoms with Gasteiger partial charge in [-0.3, -0.25) is 0 Å². The van der Waals surface area contributed by atoms with E-state index in [0.717, 1.165) is 22.7 Å². The van der Waals surface area contributed by atoms with Crippen LogP contribution in [0.5, 0.6) is 0 Å². The largest absolute Gasteiger partial charge is 0.375 e. The zero-order valence-electron chi connectivity index (χ0n) is 15.9. The Morgan fingerprint density at radius 3 is 2.66 bits per heavy atom. The van der Waals surface area contributed by atoms with Crippen molar-refractivity contribution in [2.45, 2.75) is 24.0 Å². The number of ether oxygens (including phenoxy) is 1. The first-order valence-corrected chi connectivity index (χ1v) is 11.9. The van der Waals surface area contributed by atoms with Crippen LogP contribution in [0.4, 0.5) is 4.39 Å². The molecule has 0 saturated carbocycles. The van der Waals surface area contributed by atoms with Crippen LogP contribution in [0, 0.1) is 5.82 Å². The Hall–Kier alpha value is -1.93. The topological polar surface area (TPSA) is 123 Å². The van der Waals surface area contributed by atoms with Crippen LogP contribution in [0.25, 0.3) is 0 Å². The standard InChI is InChI=1S/C16H21FN4O6S2/c1-26-11-16-18-15(19-27-16)6-7-21(28(2,22)23)13-9-20(10-13)29(24,25)14-5-3-4-12(17)8-14/h3-5,8,13H,6-7,9-11H2,1-2H3. The van der Waals surface area contributed by atoms with Gasteiger partial charge in [0.05, 0.1) is 17.2 Å². The highest BCUT2D eigenvalue weighted by atomic mass is 32.2. The van der Waals surface area contributed by atoms with Gasteiger partial charge >= 0.3 is 0 Å². The summed E-state index contributed by atoms with van der Waals surface area (Å²) in [6.45, 7) is 0.182. The number of aromatic nitrogens is 2. The van der Waals surface area contributed by atoms with Crippen molar-refractivity contribution in [3.05, 3.63) is 41.8 Å². The van der Waals surface area contributed by atoms with Gasteiger partial charge in [-0.05, 0) is 18.2 Å². The summed E-state index contributed by atoms with van der Waals surface area (Å²) in [6, 6.07) is 4.17. The Bertz CT molecular complexity index is 1070. The average molecular weight is 448 g/mol. The lowest BCUT2D eigenvalue weighted by Gasteiger charge is -2.43. The molecule has 0 aliphatic carbocycles. The molecule has 1 aromatic heterocycles. The summed E-state index contributed by atoms with van der Waals surface area (Å²) in [5.74, 6) is -0.0486. The smallest absolute Gasteiger partial charge is 0.252 e. The third-order valence-electron chi connectivity index (χ3n) is 4.43. The number of sulfonamides is 2. The molecule has 1 fully saturated rings. The molecular weight excluding hydrogens is 427 g/mol. The zero-order valence-corrected chi connectivity index (χ0v) is 17.5. The summed E-state index contributed by atoms with van der Waals surface area (Å²) in [4.78, 5) is 3.93. The lowest BCUT2D eigenvalue weighted by atomic mass is 10.2. The molecule has 13 heteroatoms. The Morgan fingerprint density at radius 1 is 1.31 bits per heavy atom. The van der Waals surface area contributed by atoms with E-state index in [2.05, 4.69) is 10.1 Å². The molecule has 3 rings (SSSR count). The second kappa shape index (κ2) is 8.44. The normalized spacial score (nSPS) is 16.3. The maximum absolute atomic E-state index is 13.4. The van der Waals surface area contributed by atoms with E-state index in [1.54, 1.807) is 0 Å². The number of hydrogen-bond donors (Lipinski definition) is 0. The number of benzene rings is 1. The van der Waals surface area contributed by atoms with Crippen LogP contribution in [0.1, 0.15) is 11.7 Å². The molecule has 0 amide bonds. The van der Waals surface area contributed by atoms with Crippen LogP contribution >= 0.6 is 0 Å². The average Bonchev–Trinajstić information content (AvgIpc) is 3.03. The summed E-state index contributed by atoms with van der Waals surface area (Å²) in [6.07, 6.45) is 1.26. The highest BCUT2D eigenvalue weighted by Crippen LogP contribution is 2.26. The maximum atomic E-state index is 13.4. The first-order valence-electron chi connectivity index (χ1n) is 8.64. The number of hydrogen-bond acceptors (Lipinski definition) is 8. The predicted molar refractivity (Wildman–Crippen MR) is 99.2 cm³/mol. The van der Waals surface area contributed by atoms with Gasteiger partial charge in [-0.1, -0.05) is 11.2 Å².